The van der Waals surface area contributed by atoms with Gasteiger partial charge in [-0.2, -0.15) is 0 Å². The van der Waals surface area contributed by atoms with Crippen LogP contribution in [-0.2, 0) is 9.53 Å². The maximum absolute atomic E-state index is 11.7. The summed E-state index contributed by atoms with van der Waals surface area (Å²) in [5, 5.41) is 12.9. The number of halogens is 1. The highest BCUT2D eigenvalue weighted by Gasteiger charge is 2.19. The number of amides is 1. The van der Waals surface area contributed by atoms with E-state index in [1.54, 1.807) is 6.92 Å². The van der Waals surface area contributed by atoms with E-state index in [0.717, 1.165) is 10.0 Å². The fourth-order valence-corrected chi connectivity index (χ4v) is 1.87. The van der Waals surface area contributed by atoms with E-state index < -0.39 is 6.10 Å². The summed E-state index contributed by atoms with van der Waals surface area (Å²) in [4.78, 5) is 11.7. The average Bonchev–Trinajstić information content (AvgIpc) is 2.35. The highest BCUT2D eigenvalue weighted by Crippen LogP contribution is 2.19. The predicted molar refractivity (Wildman–Crippen MR) is 82.4 cm³/mol. The molecule has 1 aromatic rings. The van der Waals surface area contributed by atoms with Crippen LogP contribution in [-0.4, -0.2) is 29.3 Å². The topological polar surface area (TPSA) is 58.6 Å². The number of nitrogens with one attached hydrogen (secondary N) is 1. The summed E-state index contributed by atoms with van der Waals surface area (Å²) in [7, 11) is 0. The first kappa shape index (κ1) is 17.1. The lowest BCUT2D eigenvalue weighted by Gasteiger charge is -2.23. The zero-order chi connectivity index (χ0) is 15.3. The van der Waals surface area contributed by atoms with Crippen molar-refractivity contribution in [1.29, 1.82) is 0 Å². The minimum Gasteiger partial charge on any atom is -0.386 e. The average molecular weight is 344 g/mol. The van der Waals surface area contributed by atoms with E-state index in [-0.39, 0.29) is 24.2 Å². The SMILES string of the molecule is CC(NC(=O)COC(C)(C)C)C(O)c1ccc(Br)cc1. The molecule has 2 N–H and O–H groups in total. The number of hydrogen-bond donors (Lipinski definition) is 2. The number of ether oxygens (including phenoxy) is 1. The van der Waals surface area contributed by atoms with Crippen LogP contribution in [0.15, 0.2) is 28.7 Å². The zero-order valence-corrected chi connectivity index (χ0v) is 13.9. The molecule has 0 saturated carbocycles. The summed E-state index contributed by atoms with van der Waals surface area (Å²) in [5.74, 6) is -0.233. The van der Waals surface area contributed by atoms with Gasteiger partial charge in [0.25, 0.3) is 0 Å². The van der Waals surface area contributed by atoms with Gasteiger partial charge in [-0.05, 0) is 45.4 Å². The Morgan fingerprint density at radius 1 is 1.35 bits per heavy atom. The van der Waals surface area contributed by atoms with Gasteiger partial charge < -0.3 is 15.2 Å². The van der Waals surface area contributed by atoms with Gasteiger partial charge in [0.15, 0.2) is 0 Å². The predicted octanol–water partition coefficient (Wildman–Crippen LogP) is 2.80. The van der Waals surface area contributed by atoms with Crippen molar-refractivity contribution >= 4 is 21.8 Å². The van der Waals surface area contributed by atoms with Crippen molar-refractivity contribution in [3.8, 4) is 0 Å². The molecule has 0 aliphatic carbocycles. The summed E-state index contributed by atoms with van der Waals surface area (Å²) in [6.45, 7) is 7.42. The molecule has 1 rings (SSSR count). The summed E-state index contributed by atoms with van der Waals surface area (Å²) < 4.78 is 6.34. The van der Waals surface area contributed by atoms with E-state index in [4.69, 9.17) is 4.74 Å². The third-order valence-electron chi connectivity index (χ3n) is 2.71. The van der Waals surface area contributed by atoms with Crippen molar-refractivity contribution in [2.45, 2.75) is 45.4 Å². The van der Waals surface area contributed by atoms with Gasteiger partial charge in [0, 0.05) is 4.47 Å². The van der Waals surface area contributed by atoms with E-state index in [2.05, 4.69) is 21.2 Å². The van der Waals surface area contributed by atoms with Gasteiger partial charge in [-0.15, -0.1) is 0 Å². The minimum absolute atomic E-state index is 0.0130. The third kappa shape index (κ3) is 6.03. The van der Waals surface area contributed by atoms with Gasteiger partial charge in [0.1, 0.15) is 6.61 Å². The molecule has 1 aromatic carbocycles. The summed E-state index contributed by atoms with van der Waals surface area (Å²) in [6.07, 6.45) is -0.748. The molecule has 1 amide bonds. The molecule has 0 fully saturated rings. The first-order valence-corrected chi connectivity index (χ1v) is 7.35. The molecule has 0 spiro atoms. The standard InChI is InChI=1S/C15H22BrNO3/c1-10(17-13(18)9-20-15(2,3)4)14(19)11-5-7-12(16)8-6-11/h5-8,10,14,19H,9H2,1-4H3,(H,17,18). The van der Waals surface area contributed by atoms with Gasteiger partial charge in [0.2, 0.25) is 5.91 Å². The van der Waals surface area contributed by atoms with Crippen LogP contribution in [0.3, 0.4) is 0 Å². The van der Waals surface area contributed by atoms with Crippen molar-refractivity contribution in [3.05, 3.63) is 34.3 Å². The molecule has 0 saturated heterocycles. The summed E-state index contributed by atoms with van der Waals surface area (Å²) >= 11 is 3.34. The Kier molecular flexibility index (Phi) is 6.17. The Bertz CT molecular complexity index is 439. The second-order valence-electron chi connectivity index (χ2n) is 5.75. The quantitative estimate of drug-likeness (QED) is 0.864. The molecule has 112 valence electrons. The molecule has 20 heavy (non-hydrogen) atoms. The van der Waals surface area contributed by atoms with Gasteiger partial charge >= 0.3 is 0 Å². The Labute approximate surface area is 128 Å². The van der Waals surface area contributed by atoms with Crippen LogP contribution in [0.1, 0.15) is 39.4 Å². The molecule has 0 heterocycles. The molecule has 2 atom stereocenters. The van der Waals surface area contributed by atoms with Crippen LogP contribution in [0.5, 0.6) is 0 Å². The number of hydrogen-bond acceptors (Lipinski definition) is 3. The van der Waals surface area contributed by atoms with Crippen molar-refractivity contribution in [2.24, 2.45) is 0 Å². The van der Waals surface area contributed by atoms with Crippen molar-refractivity contribution in [3.63, 3.8) is 0 Å². The molecular formula is C15H22BrNO3. The molecule has 5 heteroatoms. The van der Waals surface area contributed by atoms with E-state index in [0.29, 0.717) is 0 Å². The zero-order valence-electron chi connectivity index (χ0n) is 12.3. The summed E-state index contributed by atoms with van der Waals surface area (Å²) in [6, 6.07) is 6.98. The number of aliphatic hydroxyl groups is 1. The lowest BCUT2D eigenvalue weighted by Crippen LogP contribution is -2.40. The normalized spacial score (nSPS) is 14.7. The van der Waals surface area contributed by atoms with E-state index in [1.165, 1.54) is 0 Å². The lowest BCUT2D eigenvalue weighted by molar-refractivity contribution is -0.131. The van der Waals surface area contributed by atoms with Crippen molar-refractivity contribution in [2.75, 3.05) is 6.61 Å². The fraction of sp³-hybridized carbons (Fsp3) is 0.533. The van der Waals surface area contributed by atoms with E-state index in [1.807, 2.05) is 45.0 Å². The van der Waals surface area contributed by atoms with Crippen LogP contribution in [0.25, 0.3) is 0 Å². The Balaban J connectivity index is 2.51. The lowest BCUT2D eigenvalue weighted by atomic mass is 10.0. The van der Waals surface area contributed by atoms with Crippen LogP contribution in [0.2, 0.25) is 0 Å². The van der Waals surface area contributed by atoms with Gasteiger partial charge in [0.05, 0.1) is 17.7 Å². The highest BCUT2D eigenvalue weighted by molar-refractivity contribution is 9.10. The second-order valence-corrected chi connectivity index (χ2v) is 6.67. The molecule has 0 aromatic heterocycles. The second kappa shape index (κ2) is 7.20. The largest absolute Gasteiger partial charge is 0.386 e. The maximum atomic E-state index is 11.7. The van der Waals surface area contributed by atoms with Gasteiger partial charge in [-0.25, -0.2) is 0 Å². The molecule has 4 nitrogen and oxygen atoms in total. The third-order valence-corrected chi connectivity index (χ3v) is 3.24. The van der Waals surface area contributed by atoms with Crippen LogP contribution >= 0.6 is 15.9 Å². The van der Waals surface area contributed by atoms with E-state index >= 15 is 0 Å². The number of rotatable bonds is 5. The number of benzene rings is 1. The summed E-state index contributed by atoms with van der Waals surface area (Å²) in [5.41, 5.74) is 0.406. The number of aliphatic hydroxyl groups excluding tert-OH is 1. The Morgan fingerprint density at radius 3 is 2.40 bits per heavy atom. The Hall–Kier alpha value is -0.910. The number of carbonyl (C=O) groups is 1. The van der Waals surface area contributed by atoms with Gasteiger partial charge in [-0.3, -0.25) is 4.79 Å². The number of carbonyl (C=O) groups excluding carboxylic acids is 1. The Morgan fingerprint density at radius 2 is 1.90 bits per heavy atom. The molecule has 0 aliphatic heterocycles. The minimum atomic E-state index is -0.748. The monoisotopic (exact) mass is 343 g/mol. The molecule has 0 aliphatic rings. The van der Waals surface area contributed by atoms with Crippen LogP contribution in [0.4, 0.5) is 0 Å². The molecule has 0 radical (unpaired) electrons. The van der Waals surface area contributed by atoms with Crippen molar-refractivity contribution < 1.29 is 14.6 Å². The smallest absolute Gasteiger partial charge is 0.246 e. The fourth-order valence-electron chi connectivity index (χ4n) is 1.61. The first-order valence-electron chi connectivity index (χ1n) is 6.56. The van der Waals surface area contributed by atoms with Crippen LogP contribution < -0.4 is 5.32 Å². The molecule has 0 bridgehead atoms. The molecular weight excluding hydrogens is 322 g/mol. The van der Waals surface area contributed by atoms with Gasteiger partial charge in [-0.1, -0.05) is 28.1 Å². The first-order chi connectivity index (χ1) is 9.19. The van der Waals surface area contributed by atoms with E-state index in [9.17, 15) is 9.90 Å². The maximum Gasteiger partial charge on any atom is 0.246 e. The highest BCUT2D eigenvalue weighted by atomic mass is 79.9. The van der Waals surface area contributed by atoms with Crippen molar-refractivity contribution in [1.82, 2.24) is 5.32 Å². The molecule has 2 unspecified atom stereocenters. The van der Waals surface area contributed by atoms with Crippen LogP contribution in [0, 0.1) is 0 Å².